The number of nitrogens with one attached hydrogen (secondary N) is 2. The van der Waals surface area contributed by atoms with Crippen molar-refractivity contribution in [3.8, 4) is 17.3 Å². The third-order valence-corrected chi connectivity index (χ3v) is 2.64. The summed E-state index contributed by atoms with van der Waals surface area (Å²) in [5.74, 6) is -0.372. The molecule has 0 spiro atoms. The van der Waals surface area contributed by atoms with Gasteiger partial charge in [0.05, 0.1) is 11.4 Å². The van der Waals surface area contributed by atoms with Crippen molar-refractivity contribution in [3.05, 3.63) is 36.5 Å². The minimum atomic E-state index is -0.372. The molecule has 100 valence electrons. The standard InChI is InChI=1S/C13H13N7/c1-20-12(5-6-17-20)9-3-2-4-10(7-9)18-19-11(8-14)13(15)16/h2-7,18H,1H3,(H3,15,16)/b19-11+. The van der Waals surface area contributed by atoms with Gasteiger partial charge in [-0.3, -0.25) is 15.5 Å². The molecular formula is C13H13N7. The van der Waals surface area contributed by atoms with E-state index >= 15 is 0 Å². The Kier molecular flexibility index (Phi) is 3.77. The van der Waals surface area contributed by atoms with Gasteiger partial charge in [-0.25, -0.2) is 0 Å². The van der Waals surface area contributed by atoms with Crippen LogP contribution in [-0.2, 0) is 7.05 Å². The molecule has 0 aliphatic carbocycles. The lowest BCUT2D eigenvalue weighted by atomic mass is 10.1. The van der Waals surface area contributed by atoms with Crippen LogP contribution in [0.15, 0.2) is 41.6 Å². The number of benzene rings is 1. The lowest BCUT2D eigenvalue weighted by molar-refractivity contribution is 0.776. The number of nitriles is 1. The molecule has 7 heteroatoms. The molecule has 0 aliphatic heterocycles. The van der Waals surface area contributed by atoms with E-state index in [1.54, 1.807) is 23.0 Å². The summed E-state index contributed by atoms with van der Waals surface area (Å²) in [7, 11) is 1.86. The van der Waals surface area contributed by atoms with Gasteiger partial charge in [0.15, 0.2) is 5.84 Å². The molecule has 0 saturated carbocycles. The summed E-state index contributed by atoms with van der Waals surface area (Å²) in [4.78, 5) is 0. The van der Waals surface area contributed by atoms with Crippen LogP contribution in [-0.4, -0.2) is 21.3 Å². The SMILES string of the molecule is Cn1nccc1-c1cccc(N/N=C(\C#N)C(=N)N)c1. The zero-order valence-corrected chi connectivity index (χ0v) is 10.8. The largest absolute Gasteiger partial charge is 0.382 e. The Labute approximate surface area is 115 Å². The van der Waals surface area contributed by atoms with Gasteiger partial charge in [0, 0.05) is 18.8 Å². The van der Waals surface area contributed by atoms with Gasteiger partial charge >= 0.3 is 0 Å². The van der Waals surface area contributed by atoms with Crippen LogP contribution in [0.25, 0.3) is 11.3 Å². The van der Waals surface area contributed by atoms with Gasteiger partial charge in [-0.2, -0.15) is 15.5 Å². The van der Waals surface area contributed by atoms with Crippen molar-refractivity contribution in [1.82, 2.24) is 9.78 Å². The van der Waals surface area contributed by atoms with Crippen LogP contribution in [0.3, 0.4) is 0 Å². The van der Waals surface area contributed by atoms with Crippen LogP contribution >= 0.6 is 0 Å². The topological polar surface area (TPSA) is 116 Å². The average molecular weight is 267 g/mol. The maximum absolute atomic E-state index is 8.76. The van der Waals surface area contributed by atoms with E-state index in [1.165, 1.54) is 0 Å². The van der Waals surface area contributed by atoms with Crippen molar-refractivity contribution in [2.24, 2.45) is 17.9 Å². The molecule has 0 bridgehead atoms. The lowest BCUT2D eigenvalue weighted by Crippen LogP contribution is -2.21. The number of aromatic nitrogens is 2. The first kappa shape index (κ1) is 13.3. The van der Waals surface area contributed by atoms with Crippen LogP contribution in [0.2, 0.25) is 0 Å². The summed E-state index contributed by atoms with van der Waals surface area (Å²) in [6.45, 7) is 0. The fourth-order valence-electron chi connectivity index (χ4n) is 1.67. The molecule has 20 heavy (non-hydrogen) atoms. The minimum Gasteiger partial charge on any atom is -0.382 e. The van der Waals surface area contributed by atoms with E-state index in [0.29, 0.717) is 5.69 Å². The third kappa shape index (κ3) is 2.81. The summed E-state index contributed by atoms with van der Waals surface area (Å²) in [5, 5.41) is 23.8. The van der Waals surface area contributed by atoms with Gasteiger partial charge in [-0.15, -0.1) is 0 Å². The third-order valence-electron chi connectivity index (χ3n) is 2.64. The highest BCUT2D eigenvalue weighted by Crippen LogP contribution is 2.21. The average Bonchev–Trinajstić information content (AvgIpc) is 2.86. The molecular weight excluding hydrogens is 254 g/mol. The highest BCUT2D eigenvalue weighted by molar-refractivity contribution is 6.45. The zero-order chi connectivity index (χ0) is 14.5. The number of amidine groups is 1. The fourth-order valence-corrected chi connectivity index (χ4v) is 1.67. The summed E-state index contributed by atoms with van der Waals surface area (Å²) >= 11 is 0. The number of nitrogens with two attached hydrogens (primary N) is 1. The van der Waals surface area contributed by atoms with E-state index in [0.717, 1.165) is 11.3 Å². The molecule has 1 heterocycles. The van der Waals surface area contributed by atoms with Crippen molar-refractivity contribution in [3.63, 3.8) is 0 Å². The Bertz CT molecular complexity index is 706. The second-order valence-corrected chi connectivity index (χ2v) is 4.02. The van der Waals surface area contributed by atoms with E-state index in [1.807, 2.05) is 31.3 Å². The Morgan fingerprint density at radius 3 is 2.90 bits per heavy atom. The highest BCUT2D eigenvalue weighted by Gasteiger charge is 2.04. The summed E-state index contributed by atoms with van der Waals surface area (Å²) in [5.41, 5.74) is 10.4. The Hall–Kier alpha value is -3.14. The Morgan fingerprint density at radius 2 is 2.30 bits per heavy atom. The predicted octanol–water partition coefficient (Wildman–Crippen LogP) is 1.31. The number of hydrogen-bond acceptors (Lipinski definition) is 5. The van der Waals surface area contributed by atoms with Gasteiger partial charge in [-0.05, 0) is 18.2 Å². The normalized spacial score (nSPS) is 10.9. The molecule has 0 saturated heterocycles. The molecule has 0 unspecified atom stereocenters. The van der Waals surface area contributed by atoms with Crippen LogP contribution < -0.4 is 11.2 Å². The maximum atomic E-state index is 8.76. The van der Waals surface area contributed by atoms with Crippen molar-refractivity contribution >= 4 is 17.2 Å². The molecule has 0 radical (unpaired) electrons. The summed E-state index contributed by atoms with van der Waals surface area (Å²) in [6.07, 6.45) is 1.72. The first-order chi connectivity index (χ1) is 9.61. The number of aryl methyl sites for hydroxylation is 1. The van der Waals surface area contributed by atoms with E-state index in [9.17, 15) is 0 Å². The van der Waals surface area contributed by atoms with Crippen LogP contribution in [0, 0.1) is 16.7 Å². The van der Waals surface area contributed by atoms with Gasteiger partial charge in [-0.1, -0.05) is 12.1 Å². The van der Waals surface area contributed by atoms with Crippen LogP contribution in [0.4, 0.5) is 5.69 Å². The summed E-state index contributed by atoms with van der Waals surface area (Å²) < 4.78 is 1.76. The highest BCUT2D eigenvalue weighted by atomic mass is 15.3. The van der Waals surface area contributed by atoms with Crippen LogP contribution in [0.5, 0.6) is 0 Å². The van der Waals surface area contributed by atoms with Crippen LogP contribution in [0.1, 0.15) is 0 Å². The molecule has 0 aliphatic rings. The number of rotatable bonds is 4. The first-order valence-corrected chi connectivity index (χ1v) is 5.78. The van der Waals surface area contributed by atoms with E-state index < -0.39 is 0 Å². The number of nitrogens with zero attached hydrogens (tertiary/aromatic N) is 4. The number of hydrogen-bond donors (Lipinski definition) is 3. The van der Waals surface area contributed by atoms with Crippen molar-refractivity contribution in [2.45, 2.75) is 0 Å². The second kappa shape index (κ2) is 5.67. The Balaban J connectivity index is 2.26. The van der Waals surface area contributed by atoms with Crippen molar-refractivity contribution in [1.29, 1.82) is 10.7 Å². The van der Waals surface area contributed by atoms with Crippen molar-refractivity contribution in [2.75, 3.05) is 5.43 Å². The molecule has 0 fully saturated rings. The molecule has 0 atom stereocenters. The second-order valence-electron chi connectivity index (χ2n) is 4.02. The molecule has 1 aromatic heterocycles. The van der Waals surface area contributed by atoms with E-state index in [-0.39, 0.29) is 11.5 Å². The molecule has 2 rings (SSSR count). The van der Waals surface area contributed by atoms with Gasteiger partial charge in [0.25, 0.3) is 0 Å². The monoisotopic (exact) mass is 267 g/mol. The maximum Gasteiger partial charge on any atom is 0.201 e. The van der Waals surface area contributed by atoms with Gasteiger partial charge in [0.1, 0.15) is 6.07 Å². The van der Waals surface area contributed by atoms with Gasteiger partial charge < -0.3 is 5.73 Å². The molecule has 4 N–H and O–H groups in total. The lowest BCUT2D eigenvalue weighted by Gasteiger charge is -2.05. The Morgan fingerprint density at radius 1 is 1.50 bits per heavy atom. The van der Waals surface area contributed by atoms with E-state index in [2.05, 4.69) is 15.6 Å². The number of anilines is 1. The van der Waals surface area contributed by atoms with Gasteiger partial charge in [0.2, 0.25) is 5.71 Å². The molecule has 7 nitrogen and oxygen atoms in total. The first-order valence-electron chi connectivity index (χ1n) is 5.78. The summed E-state index contributed by atoms with van der Waals surface area (Å²) in [6, 6.07) is 11.1. The smallest absolute Gasteiger partial charge is 0.201 e. The van der Waals surface area contributed by atoms with Crippen molar-refractivity contribution < 1.29 is 0 Å². The predicted molar refractivity (Wildman–Crippen MR) is 77.2 cm³/mol. The van der Waals surface area contributed by atoms with E-state index in [4.69, 9.17) is 16.4 Å². The molecule has 0 amide bonds. The molecule has 2 aromatic rings. The zero-order valence-electron chi connectivity index (χ0n) is 10.8. The quantitative estimate of drug-likeness (QED) is 0.440. The number of hydrazone groups is 1. The molecule has 1 aromatic carbocycles. The minimum absolute atomic E-state index is 0.157. The fraction of sp³-hybridized carbons (Fsp3) is 0.0769.